The molecule has 21 heavy (non-hydrogen) atoms. The zero-order valence-electron chi connectivity index (χ0n) is 11.5. The van der Waals surface area contributed by atoms with E-state index in [0.717, 1.165) is 22.8 Å². The Morgan fingerprint density at radius 3 is 3.10 bits per heavy atom. The van der Waals surface area contributed by atoms with Gasteiger partial charge in [-0.2, -0.15) is 11.8 Å². The Hall–Kier alpha value is -1.60. The van der Waals surface area contributed by atoms with Gasteiger partial charge in [-0.3, -0.25) is 10.1 Å². The number of carbonyl (C=O) groups is 1. The van der Waals surface area contributed by atoms with Crippen LogP contribution in [0.4, 0.5) is 5.13 Å². The molecule has 5 nitrogen and oxygen atoms in total. The molecule has 0 aliphatic carbocycles. The monoisotopic (exact) mass is 321 g/mol. The number of nitrogens with one attached hydrogen (secondary N) is 1. The van der Waals surface area contributed by atoms with Gasteiger partial charge in [-0.15, -0.1) is 11.3 Å². The van der Waals surface area contributed by atoms with Crippen LogP contribution >= 0.6 is 23.1 Å². The predicted molar refractivity (Wildman–Crippen MR) is 85.4 cm³/mol. The van der Waals surface area contributed by atoms with E-state index in [9.17, 15) is 4.79 Å². The van der Waals surface area contributed by atoms with Gasteiger partial charge in [0.25, 0.3) is 5.91 Å². The normalized spacial score (nSPS) is 17.7. The largest absolute Gasteiger partial charge is 0.473 e. The van der Waals surface area contributed by atoms with Gasteiger partial charge in [0.2, 0.25) is 5.88 Å². The van der Waals surface area contributed by atoms with E-state index >= 15 is 0 Å². The predicted octanol–water partition coefficient (Wildman–Crippen LogP) is 2.98. The number of hydrogen-bond acceptors (Lipinski definition) is 6. The van der Waals surface area contributed by atoms with Gasteiger partial charge in [-0.25, -0.2) is 9.97 Å². The van der Waals surface area contributed by atoms with Gasteiger partial charge in [0.15, 0.2) is 5.13 Å². The number of aryl methyl sites for hydroxylation is 1. The van der Waals surface area contributed by atoms with Crippen LogP contribution < -0.4 is 10.1 Å². The van der Waals surface area contributed by atoms with Crippen molar-refractivity contribution < 1.29 is 9.53 Å². The van der Waals surface area contributed by atoms with Crippen LogP contribution in [0, 0.1) is 6.92 Å². The fourth-order valence-electron chi connectivity index (χ4n) is 1.97. The number of hydrogen-bond donors (Lipinski definition) is 1. The summed E-state index contributed by atoms with van der Waals surface area (Å²) in [6, 6.07) is 3.35. The summed E-state index contributed by atoms with van der Waals surface area (Å²) in [5, 5.41) is 3.38. The van der Waals surface area contributed by atoms with Crippen molar-refractivity contribution in [1.82, 2.24) is 9.97 Å². The lowest BCUT2D eigenvalue weighted by atomic mass is 10.2. The Bertz CT molecular complexity index is 639. The van der Waals surface area contributed by atoms with E-state index in [1.165, 1.54) is 11.3 Å². The number of aromatic nitrogens is 2. The number of anilines is 1. The third kappa shape index (κ3) is 3.74. The fourth-order valence-corrected chi connectivity index (χ4v) is 3.73. The topological polar surface area (TPSA) is 64.1 Å². The lowest BCUT2D eigenvalue weighted by Crippen LogP contribution is -2.17. The summed E-state index contributed by atoms with van der Waals surface area (Å²) < 4.78 is 5.80. The van der Waals surface area contributed by atoms with Crippen molar-refractivity contribution in [2.45, 2.75) is 19.4 Å². The van der Waals surface area contributed by atoms with Crippen LogP contribution in [0.2, 0.25) is 0 Å². The summed E-state index contributed by atoms with van der Waals surface area (Å²) >= 11 is 3.33. The van der Waals surface area contributed by atoms with E-state index < -0.39 is 0 Å². The average Bonchev–Trinajstić information content (AvgIpc) is 3.11. The lowest BCUT2D eigenvalue weighted by molar-refractivity contribution is 0.102. The molecule has 1 N–H and O–H groups in total. The summed E-state index contributed by atoms with van der Waals surface area (Å²) in [6.45, 7) is 1.95. The lowest BCUT2D eigenvalue weighted by Gasteiger charge is -2.11. The van der Waals surface area contributed by atoms with Gasteiger partial charge in [-0.05, 0) is 25.2 Å². The Morgan fingerprint density at radius 2 is 2.38 bits per heavy atom. The molecule has 1 saturated heterocycles. The molecule has 2 aromatic rings. The second-order valence-electron chi connectivity index (χ2n) is 4.72. The molecule has 0 saturated carbocycles. The van der Waals surface area contributed by atoms with E-state index in [-0.39, 0.29) is 12.0 Å². The molecule has 1 aliphatic heterocycles. The summed E-state index contributed by atoms with van der Waals surface area (Å²) in [4.78, 5) is 21.5. The van der Waals surface area contributed by atoms with Gasteiger partial charge in [-0.1, -0.05) is 0 Å². The SMILES string of the molecule is Cc1cnc(NC(=O)c2ccnc(OC3CCSC3)c2)s1. The molecule has 0 aromatic carbocycles. The van der Waals surface area contributed by atoms with Crippen LogP contribution in [0.25, 0.3) is 0 Å². The van der Waals surface area contributed by atoms with Crippen LogP contribution in [0.3, 0.4) is 0 Å². The number of amides is 1. The van der Waals surface area contributed by atoms with Gasteiger partial charge >= 0.3 is 0 Å². The maximum absolute atomic E-state index is 12.2. The van der Waals surface area contributed by atoms with E-state index in [0.29, 0.717) is 16.6 Å². The second kappa shape index (κ2) is 6.44. The third-order valence-electron chi connectivity index (χ3n) is 3.01. The van der Waals surface area contributed by atoms with Crippen molar-refractivity contribution in [3.63, 3.8) is 0 Å². The highest BCUT2D eigenvalue weighted by Crippen LogP contribution is 2.23. The minimum absolute atomic E-state index is 0.197. The van der Waals surface area contributed by atoms with E-state index in [4.69, 9.17) is 4.74 Å². The molecule has 1 unspecified atom stereocenters. The van der Waals surface area contributed by atoms with Gasteiger partial charge in [0.05, 0.1) is 0 Å². The third-order valence-corrected chi connectivity index (χ3v) is 4.97. The van der Waals surface area contributed by atoms with Crippen molar-refractivity contribution in [2.75, 3.05) is 16.8 Å². The molecule has 110 valence electrons. The fraction of sp³-hybridized carbons (Fsp3) is 0.357. The molecule has 7 heteroatoms. The Morgan fingerprint density at radius 1 is 1.48 bits per heavy atom. The number of nitrogens with zero attached hydrogens (tertiary/aromatic N) is 2. The second-order valence-corrected chi connectivity index (χ2v) is 7.10. The molecule has 1 aliphatic rings. The highest BCUT2D eigenvalue weighted by Gasteiger charge is 2.18. The van der Waals surface area contributed by atoms with Crippen molar-refractivity contribution in [1.29, 1.82) is 0 Å². The number of carbonyl (C=O) groups excluding carboxylic acids is 1. The number of thioether (sulfide) groups is 1. The molecule has 3 rings (SSSR count). The van der Waals surface area contributed by atoms with E-state index in [1.807, 2.05) is 18.7 Å². The first-order chi connectivity index (χ1) is 10.2. The molecular formula is C14H15N3O2S2. The highest BCUT2D eigenvalue weighted by molar-refractivity contribution is 7.99. The van der Waals surface area contributed by atoms with Crippen LogP contribution in [0.1, 0.15) is 21.7 Å². The van der Waals surface area contributed by atoms with Crippen LogP contribution in [-0.2, 0) is 0 Å². The average molecular weight is 321 g/mol. The quantitative estimate of drug-likeness (QED) is 0.938. The first-order valence-electron chi connectivity index (χ1n) is 6.65. The standard InChI is InChI=1S/C14H15N3O2S2/c1-9-7-16-14(21-9)17-13(18)10-2-4-15-12(6-10)19-11-3-5-20-8-11/h2,4,6-7,11H,3,5,8H2,1H3,(H,16,17,18). The van der Waals surface area contributed by atoms with Crippen molar-refractivity contribution in [3.8, 4) is 5.88 Å². The van der Waals surface area contributed by atoms with Gasteiger partial charge < -0.3 is 4.74 Å². The molecule has 0 radical (unpaired) electrons. The Labute approximate surface area is 131 Å². The van der Waals surface area contributed by atoms with Crippen molar-refractivity contribution in [2.24, 2.45) is 0 Å². The zero-order valence-corrected chi connectivity index (χ0v) is 13.2. The van der Waals surface area contributed by atoms with Crippen LogP contribution in [0.5, 0.6) is 5.88 Å². The molecule has 1 fully saturated rings. The summed E-state index contributed by atoms with van der Waals surface area (Å²) in [7, 11) is 0. The number of rotatable bonds is 4. The maximum Gasteiger partial charge on any atom is 0.257 e. The molecule has 1 amide bonds. The minimum atomic E-state index is -0.197. The van der Waals surface area contributed by atoms with Gasteiger partial charge in [0.1, 0.15) is 6.10 Å². The summed E-state index contributed by atoms with van der Waals surface area (Å²) in [5.41, 5.74) is 0.526. The molecule has 1 atom stereocenters. The first-order valence-corrected chi connectivity index (χ1v) is 8.62. The molecule has 3 heterocycles. The maximum atomic E-state index is 12.2. The van der Waals surface area contributed by atoms with Crippen LogP contribution in [-0.4, -0.2) is 33.5 Å². The van der Waals surface area contributed by atoms with Crippen molar-refractivity contribution in [3.05, 3.63) is 35.0 Å². The zero-order chi connectivity index (χ0) is 14.7. The molecule has 0 bridgehead atoms. The molecule has 2 aromatic heterocycles. The highest BCUT2D eigenvalue weighted by atomic mass is 32.2. The Balaban J connectivity index is 1.68. The number of pyridine rings is 1. The summed E-state index contributed by atoms with van der Waals surface area (Å²) in [5.74, 6) is 2.41. The Kier molecular flexibility index (Phi) is 4.40. The smallest absolute Gasteiger partial charge is 0.257 e. The summed E-state index contributed by atoms with van der Waals surface area (Å²) in [6.07, 6.45) is 4.56. The van der Waals surface area contributed by atoms with E-state index in [2.05, 4.69) is 15.3 Å². The molecular weight excluding hydrogens is 306 g/mol. The molecule has 0 spiro atoms. The van der Waals surface area contributed by atoms with Crippen LogP contribution in [0.15, 0.2) is 24.5 Å². The van der Waals surface area contributed by atoms with E-state index in [1.54, 1.807) is 24.5 Å². The minimum Gasteiger partial charge on any atom is -0.473 e. The van der Waals surface area contributed by atoms with Crippen molar-refractivity contribution >= 4 is 34.1 Å². The first kappa shape index (κ1) is 14.3. The number of thiazole rings is 1. The number of ether oxygens (including phenoxy) is 1. The van der Waals surface area contributed by atoms with Gasteiger partial charge in [0, 0.05) is 34.7 Å².